The molecule has 21 heavy (non-hydrogen) atoms. The minimum atomic E-state index is -0.791. The summed E-state index contributed by atoms with van der Waals surface area (Å²) < 4.78 is 10.4. The average molecular weight is 291 g/mol. The van der Waals surface area contributed by atoms with Crippen LogP contribution in [-0.2, 0) is 14.3 Å². The average Bonchev–Trinajstić information content (AvgIpc) is 3.08. The number of carbonyl (C=O) groups is 2. The molecule has 1 aromatic rings. The van der Waals surface area contributed by atoms with Crippen LogP contribution < -0.4 is 5.32 Å². The van der Waals surface area contributed by atoms with Crippen molar-refractivity contribution in [3.05, 3.63) is 29.7 Å². The van der Waals surface area contributed by atoms with Crippen LogP contribution in [0.25, 0.3) is 6.08 Å². The largest absolute Gasteiger partial charge is 0.462 e. The number of carbonyl (C=O) groups excluding carboxylic acids is 2. The van der Waals surface area contributed by atoms with Gasteiger partial charge in [-0.15, -0.1) is 0 Å². The summed E-state index contributed by atoms with van der Waals surface area (Å²) in [5.41, 5.74) is 0. The smallest absolute Gasteiger partial charge is 0.331 e. The molecule has 0 bridgehead atoms. The second-order valence-corrected chi connectivity index (χ2v) is 5.35. The van der Waals surface area contributed by atoms with Crippen LogP contribution in [0.5, 0.6) is 0 Å². The summed E-state index contributed by atoms with van der Waals surface area (Å²) in [5, 5.41) is 2.90. The molecule has 1 N–H and O–H groups in total. The SMILES string of the molecule is Cc1ccc(/C=C/C(=O)OC(C)C(=O)NC2CCCC2)o1. The molecule has 5 heteroatoms. The molecule has 1 heterocycles. The molecule has 0 radical (unpaired) electrons. The van der Waals surface area contributed by atoms with Gasteiger partial charge in [0.05, 0.1) is 0 Å². The maximum Gasteiger partial charge on any atom is 0.331 e. The first kappa shape index (κ1) is 15.4. The lowest BCUT2D eigenvalue weighted by Crippen LogP contribution is -2.40. The molecule has 0 saturated heterocycles. The van der Waals surface area contributed by atoms with Crippen LogP contribution in [0.3, 0.4) is 0 Å². The highest BCUT2D eigenvalue weighted by atomic mass is 16.5. The van der Waals surface area contributed by atoms with E-state index in [4.69, 9.17) is 9.15 Å². The van der Waals surface area contributed by atoms with E-state index in [1.165, 1.54) is 12.2 Å². The minimum Gasteiger partial charge on any atom is -0.462 e. The van der Waals surface area contributed by atoms with Gasteiger partial charge in [-0.3, -0.25) is 4.79 Å². The lowest BCUT2D eigenvalue weighted by Gasteiger charge is -2.16. The monoisotopic (exact) mass is 291 g/mol. The number of hydrogen-bond acceptors (Lipinski definition) is 4. The van der Waals surface area contributed by atoms with Crippen LogP contribution in [0, 0.1) is 6.92 Å². The van der Waals surface area contributed by atoms with Crippen molar-refractivity contribution in [2.75, 3.05) is 0 Å². The summed E-state index contributed by atoms with van der Waals surface area (Å²) in [6, 6.07) is 3.79. The predicted molar refractivity (Wildman–Crippen MR) is 78.4 cm³/mol. The van der Waals surface area contributed by atoms with Gasteiger partial charge in [-0.2, -0.15) is 0 Å². The van der Waals surface area contributed by atoms with Gasteiger partial charge in [0, 0.05) is 12.1 Å². The van der Waals surface area contributed by atoms with Crippen molar-refractivity contribution >= 4 is 18.0 Å². The first-order chi connectivity index (χ1) is 10.0. The van der Waals surface area contributed by atoms with E-state index in [0.717, 1.165) is 31.4 Å². The number of hydrogen-bond donors (Lipinski definition) is 1. The van der Waals surface area contributed by atoms with Gasteiger partial charge < -0.3 is 14.5 Å². The summed E-state index contributed by atoms with van der Waals surface area (Å²) in [6.45, 7) is 3.40. The van der Waals surface area contributed by atoms with Crippen molar-refractivity contribution in [1.82, 2.24) is 5.32 Å². The molecule has 114 valence electrons. The van der Waals surface area contributed by atoms with Crippen LogP contribution in [0.2, 0.25) is 0 Å². The minimum absolute atomic E-state index is 0.222. The summed E-state index contributed by atoms with van der Waals surface area (Å²) in [6.07, 6.45) is 6.29. The van der Waals surface area contributed by atoms with Gasteiger partial charge in [0.25, 0.3) is 5.91 Å². The number of ether oxygens (including phenoxy) is 1. The Bertz CT molecular complexity index is 526. The van der Waals surface area contributed by atoms with E-state index in [1.54, 1.807) is 13.0 Å². The first-order valence-electron chi connectivity index (χ1n) is 7.30. The molecule has 2 rings (SSSR count). The third-order valence-electron chi connectivity index (χ3n) is 3.51. The van der Waals surface area contributed by atoms with Crippen molar-refractivity contribution in [3.8, 4) is 0 Å². The van der Waals surface area contributed by atoms with Crippen molar-refractivity contribution in [3.63, 3.8) is 0 Å². The Balaban J connectivity index is 1.78. The normalized spacial score (nSPS) is 17.0. The molecule has 1 aromatic heterocycles. The van der Waals surface area contributed by atoms with Gasteiger partial charge in [-0.1, -0.05) is 12.8 Å². The van der Waals surface area contributed by atoms with Crippen molar-refractivity contribution in [2.45, 2.75) is 51.7 Å². The van der Waals surface area contributed by atoms with Gasteiger partial charge in [0.15, 0.2) is 6.10 Å². The molecule has 1 amide bonds. The van der Waals surface area contributed by atoms with Crippen molar-refractivity contribution < 1.29 is 18.7 Å². The highest BCUT2D eigenvalue weighted by Gasteiger charge is 2.22. The van der Waals surface area contributed by atoms with E-state index in [-0.39, 0.29) is 11.9 Å². The van der Waals surface area contributed by atoms with Gasteiger partial charge in [0.2, 0.25) is 0 Å². The van der Waals surface area contributed by atoms with Crippen molar-refractivity contribution in [1.29, 1.82) is 0 Å². The molecule has 0 spiro atoms. The van der Waals surface area contributed by atoms with E-state index in [1.807, 2.05) is 13.0 Å². The number of aryl methyl sites for hydroxylation is 1. The molecular formula is C16H21NO4. The maximum absolute atomic E-state index is 11.9. The topological polar surface area (TPSA) is 68.5 Å². The molecule has 0 aromatic carbocycles. The highest BCUT2D eigenvalue weighted by molar-refractivity contribution is 5.90. The van der Waals surface area contributed by atoms with Gasteiger partial charge in [0.1, 0.15) is 11.5 Å². The van der Waals surface area contributed by atoms with E-state index in [9.17, 15) is 9.59 Å². The Morgan fingerprint density at radius 2 is 2.10 bits per heavy atom. The maximum atomic E-state index is 11.9. The van der Waals surface area contributed by atoms with Crippen LogP contribution in [0.1, 0.15) is 44.1 Å². The number of esters is 1. The third kappa shape index (κ3) is 4.77. The number of rotatable bonds is 5. The zero-order valence-electron chi connectivity index (χ0n) is 12.4. The summed E-state index contributed by atoms with van der Waals surface area (Å²) in [4.78, 5) is 23.5. The van der Waals surface area contributed by atoms with Gasteiger partial charge in [-0.05, 0) is 44.9 Å². The quantitative estimate of drug-likeness (QED) is 0.669. The second-order valence-electron chi connectivity index (χ2n) is 5.35. The van der Waals surface area contributed by atoms with Crippen LogP contribution in [-0.4, -0.2) is 24.0 Å². The summed E-state index contributed by atoms with van der Waals surface area (Å²) in [5.74, 6) is 0.551. The molecule has 1 atom stereocenters. The number of amides is 1. The molecule has 1 aliphatic carbocycles. The Morgan fingerprint density at radius 1 is 1.38 bits per heavy atom. The Morgan fingerprint density at radius 3 is 2.71 bits per heavy atom. The van der Waals surface area contributed by atoms with Crippen molar-refractivity contribution in [2.24, 2.45) is 0 Å². The molecule has 1 saturated carbocycles. The first-order valence-corrected chi connectivity index (χ1v) is 7.30. The van der Waals surface area contributed by atoms with Gasteiger partial charge in [-0.25, -0.2) is 4.79 Å². The zero-order valence-corrected chi connectivity index (χ0v) is 12.4. The Kier molecular flexibility index (Phi) is 5.20. The molecule has 5 nitrogen and oxygen atoms in total. The Labute approximate surface area is 124 Å². The van der Waals surface area contributed by atoms with E-state index < -0.39 is 12.1 Å². The molecular weight excluding hydrogens is 270 g/mol. The van der Waals surface area contributed by atoms with Gasteiger partial charge >= 0.3 is 5.97 Å². The second kappa shape index (κ2) is 7.11. The van der Waals surface area contributed by atoms with Crippen LogP contribution in [0.15, 0.2) is 22.6 Å². The number of furan rings is 1. The molecule has 1 fully saturated rings. The Hall–Kier alpha value is -2.04. The fourth-order valence-corrected chi connectivity index (χ4v) is 2.35. The summed E-state index contributed by atoms with van der Waals surface area (Å²) in [7, 11) is 0. The van der Waals surface area contributed by atoms with E-state index in [2.05, 4.69) is 5.32 Å². The zero-order chi connectivity index (χ0) is 15.2. The third-order valence-corrected chi connectivity index (χ3v) is 3.51. The number of nitrogens with one attached hydrogen (secondary N) is 1. The molecule has 1 aliphatic rings. The highest BCUT2D eigenvalue weighted by Crippen LogP contribution is 2.17. The summed E-state index contributed by atoms with van der Waals surface area (Å²) >= 11 is 0. The fraction of sp³-hybridized carbons (Fsp3) is 0.500. The molecule has 1 unspecified atom stereocenters. The van der Waals surface area contributed by atoms with Crippen LogP contribution >= 0.6 is 0 Å². The van der Waals surface area contributed by atoms with E-state index >= 15 is 0 Å². The van der Waals surface area contributed by atoms with E-state index in [0.29, 0.717) is 5.76 Å². The lowest BCUT2D eigenvalue weighted by molar-refractivity contribution is -0.150. The van der Waals surface area contributed by atoms with Crippen LogP contribution in [0.4, 0.5) is 0 Å². The fourth-order valence-electron chi connectivity index (χ4n) is 2.35. The predicted octanol–water partition coefficient (Wildman–Crippen LogP) is 2.59. The lowest BCUT2D eigenvalue weighted by atomic mass is 10.2. The molecule has 0 aliphatic heterocycles. The standard InChI is InChI=1S/C16H21NO4/c1-11-7-8-14(20-11)9-10-15(18)21-12(2)16(19)17-13-5-3-4-6-13/h7-10,12-13H,3-6H2,1-2H3,(H,17,19)/b10-9+.